The minimum Gasteiger partial charge on any atom is -0.396 e. The molecule has 2 rings (SSSR count). The van der Waals surface area contributed by atoms with E-state index in [2.05, 4.69) is 10.3 Å². The van der Waals surface area contributed by atoms with Gasteiger partial charge in [-0.3, -0.25) is 4.98 Å². The quantitative estimate of drug-likeness (QED) is 0.880. The zero-order chi connectivity index (χ0) is 13.2. The van der Waals surface area contributed by atoms with Crippen LogP contribution < -0.4 is 11.1 Å². The van der Waals surface area contributed by atoms with E-state index in [1.165, 1.54) is 0 Å². The molecule has 1 aromatic rings. The number of rotatable bonds is 3. The van der Waals surface area contributed by atoms with E-state index in [9.17, 15) is 0 Å². The Hall–Kier alpha value is -1.52. The van der Waals surface area contributed by atoms with E-state index in [-0.39, 0.29) is 0 Å². The van der Waals surface area contributed by atoms with Gasteiger partial charge in [0.15, 0.2) is 5.72 Å². The average molecular weight is 266 g/mol. The smallest absolute Gasteiger partial charge is 0.187 e. The van der Waals surface area contributed by atoms with Crippen molar-refractivity contribution in [1.29, 1.82) is 0 Å². The molecule has 0 saturated carbocycles. The van der Waals surface area contributed by atoms with Gasteiger partial charge in [0.05, 0.1) is 10.7 Å². The number of hydrogen-bond donors (Lipinski definition) is 2. The molecule has 0 bridgehead atoms. The Morgan fingerprint density at radius 1 is 1.56 bits per heavy atom. The van der Waals surface area contributed by atoms with Crippen LogP contribution in [0.5, 0.6) is 0 Å². The summed E-state index contributed by atoms with van der Waals surface area (Å²) in [5.74, 6) is 0. The molecule has 18 heavy (non-hydrogen) atoms. The van der Waals surface area contributed by atoms with Crippen LogP contribution in [0, 0.1) is 0 Å². The number of aromatic nitrogens is 1. The highest BCUT2D eigenvalue weighted by atomic mass is 35.5. The van der Waals surface area contributed by atoms with Crippen molar-refractivity contribution < 1.29 is 4.74 Å². The van der Waals surface area contributed by atoms with Crippen LogP contribution in [0.15, 0.2) is 47.0 Å². The largest absolute Gasteiger partial charge is 0.396 e. The van der Waals surface area contributed by atoms with Crippen LogP contribution in [0.2, 0.25) is 0 Å². The topological polar surface area (TPSA) is 60.2 Å². The number of pyridine rings is 1. The third-order valence-electron chi connectivity index (χ3n) is 2.83. The van der Waals surface area contributed by atoms with Gasteiger partial charge in [-0.25, -0.2) is 0 Å². The molecule has 0 spiro atoms. The van der Waals surface area contributed by atoms with Gasteiger partial charge < -0.3 is 15.8 Å². The van der Waals surface area contributed by atoms with Crippen LogP contribution in [0.25, 0.3) is 0 Å². The second-order valence-corrected chi connectivity index (χ2v) is 4.47. The number of nitrogens with two attached hydrogens (primary N) is 1. The van der Waals surface area contributed by atoms with E-state index < -0.39 is 5.72 Å². The molecule has 1 aliphatic heterocycles. The first-order valence-electron chi connectivity index (χ1n) is 5.77. The van der Waals surface area contributed by atoms with E-state index in [4.69, 9.17) is 22.1 Å². The van der Waals surface area contributed by atoms with Crippen LogP contribution in [-0.2, 0) is 10.5 Å². The standard InChI is InChI=1S/C13H16ClN3O/c1-3-18-13(10-5-4-6-16-8-10)7-11(14)12(15)9(2)17-13/h4-8,17H,3,15H2,1-2H3. The van der Waals surface area contributed by atoms with Crippen LogP contribution >= 0.6 is 11.6 Å². The van der Waals surface area contributed by atoms with E-state index in [0.717, 1.165) is 11.3 Å². The molecule has 1 atom stereocenters. The molecule has 0 saturated heterocycles. The SMILES string of the molecule is CCOC1(c2cccnc2)C=C(Cl)C(N)=C(C)N1. The third-order valence-corrected chi connectivity index (χ3v) is 3.14. The second-order valence-electron chi connectivity index (χ2n) is 4.07. The minimum atomic E-state index is -0.799. The number of dihydropyridines is 1. The van der Waals surface area contributed by atoms with Crippen molar-refractivity contribution in [3.63, 3.8) is 0 Å². The Morgan fingerprint density at radius 3 is 2.89 bits per heavy atom. The Labute approximate surface area is 111 Å². The molecule has 0 amide bonds. The Balaban J connectivity index is 2.49. The van der Waals surface area contributed by atoms with Crippen LogP contribution in [-0.4, -0.2) is 11.6 Å². The Kier molecular flexibility index (Phi) is 3.59. The van der Waals surface area contributed by atoms with Gasteiger partial charge in [-0.05, 0) is 26.0 Å². The lowest BCUT2D eigenvalue weighted by Gasteiger charge is -2.36. The highest BCUT2D eigenvalue weighted by Gasteiger charge is 2.35. The van der Waals surface area contributed by atoms with Crippen LogP contribution in [0.4, 0.5) is 0 Å². The lowest BCUT2D eigenvalue weighted by Crippen LogP contribution is -2.45. The third kappa shape index (κ3) is 2.21. The van der Waals surface area contributed by atoms with Crippen molar-refractivity contribution in [3.8, 4) is 0 Å². The van der Waals surface area contributed by atoms with Crippen molar-refractivity contribution in [3.05, 3.63) is 52.6 Å². The molecule has 5 heteroatoms. The van der Waals surface area contributed by atoms with Crippen LogP contribution in [0.3, 0.4) is 0 Å². The molecular weight excluding hydrogens is 250 g/mol. The first-order chi connectivity index (χ1) is 8.59. The summed E-state index contributed by atoms with van der Waals surface area (Å²) >= 11 is 6.17. The fraction of sp³-hybridized carbons (Fsp3) is 0.308. The van der Waals surface area contributed by atoms with Crippen molar-refractivity contribution in [2.24, 2.45) is 5.73 Å². The molecule has 1 unspecified atom stereocenters. The van der Waals surface area contributed by atoms with Crippen molar-refractivity contribution in [2.45, 2.75) is 19.6 Å². The summed E-state index contributed by atoms with van der Waals surface area (Å²) < 4.78 is 5.84. The summed E-state index contributed by atoms with van der Waals surface area (Å²) in [7, 11) is 0. The fourth-order valence-electron chi connectivity index (χ4n) is 1.94. The van der Waals surface area contributed by atoms with Crippen molar-refractivity contribution in [1.82, 2.24) is 10.3 Å². The first kappa shape index (κ1) is 12.9. The predicted molar refractivity (Wildman–Crippen MR) is 71.5 cm³/mol. The summed E-state index contributed by atoms with van der Waals surface area (Å²) in [6.07, 6.45) is 5.24. The zero-order valence-electron chi connectivity index (χ0n) is 10.4. The molecule has 0 aromatic carbocycles. The van der Waals surface area contributed by atoms with Gasteiger partial charge in [0.1, 0.15) is 0 Å². The summed E-state index contributed by atoms with van der Waals surface area (Å²) in [6.45, 7) is 4.34. The Morgan fingerprint density at radius 2 is 2.33 bits per heavy atom. The lowest BCUT2D eigenvalue weighted by atomic mass is 10.00. The molecule has 1 aromatic heterocycles. The maximum atomic E-state index is 6.17. The molecular formula is C13H16ClN3O. The summed E-state index contributed by atoms with van der Waals surface area (Å²) in [6, 6.07) is 3.79. The number of nitrogens with zero attached hydrogens (tertiary/aromatic N) is 1. The number of halogens is 1. The maximum absolute atomic E-state index is 6.17. The van der Waals surface area contributed by atoms with E-state index >= 15 is 0 Å². The van der Waals surface area contributed by atoms with Crippen molar-refractivity contribution >= 4 is 11.6 Å². The van der Waals surface area contributed by atoms with Crippen LogP contribution in [0.1, 0.15) is 19.4 Å². The number of nitrogens with one attached hydrogen (secondary N) is 1. The molecule has 3 N–H and O–H groups in total. The normalized spacial score (nSPS) is 23.6. The maximum Gasteiger partial charge on any atom is 0.187 e. The molecule has 0 radical (unpaired) electrons. The molecule has 96 valence electrons. The highest BCUT2D eigenvalue weighted by molar-refractivity contribution is 6.32. The molecule has 0 aliphatic carbocycles. The van der Waals surface area contributed by atoms with Gasteiger partial charge in [-0.2, -0.15) is 0 Å². The first-order valence-corrected chi connectivity index (χ1v) is 6.14. The molecule has 4 nitrogen and oxygen atoms in total. The van der Waals surface area contributed by atoms with Gasteiger partial charge in [0.25, 0.3) is 0 Å². The average Bonchev–Trinajstić information content (AvgIpc) is 2.37. The number of allylic oxidation sites excluding steroid dienone is 2. The predicted octanol–water partition coefficient (Wildman–Crippen LogP) is 2.19. The summed E-state index contributed by atoms with van der Waals surface area (Å²) in [5.41, 5.74) is 7.28. The summed E-state index contributed by atoms with van der Waals surface area (Å²) in [4.78, 5) is 4.12. The molecule has 2 heterocycles. The van der Waals surface area contributed by atoms with Gasteiger partial charge in [-0.15, -0.1) is 0 Å². The monoisotopic (exact) mass is 265 g/mol. The van der Waals surface area contributed by atoms with Crippen molar-refractivity contribution in [2.75, 3.05) is 6.61 Å². The zero-order valence-corrected chi connectivity index (χ0v) is 11.2. The van der Waals surface area contributed by atoms with E-state index in [1.807, 2.05) is 26.0 Å². The van der Waals surface area contributed by atoms with Gasteiger partial charge in [-0.1, -0.05) is 17.7 Å². The Bertz CT molecular complexity index is 498. The van der Waals surface area contributed by atoms with E-state index in [0.29, 0.717) is 17.3 Å². The highest BCUT2D eigenvalue weighted by Crippen LogP contribution is 2.33. The fourth-order valence-corrected chi connectivity index (χ4v) is 2.24. The van der Waals surface area contributed by atoms with Gasteiger partial charge in [0.2, 0.25) is 0 Å². The lowest BCUT2D eigenvalue weighted by molar-refractivity contribution is -0.0263. The molecule has 0 fully saturated rings. The number of ether oxygens (including phenoxy) is 1. The molecule has 1 aliphatic rings. The van der Waals surface area contributed by atoms with Gasteiger partial charge >= 0.3 is 0 Å². The van der Waals surface area contributed by atoms with Gasteiger partial charge in [0, 0.05) is 30.3 Å². The number of hydrogen-bond acceptors (Lipinski definition) is 4. The van der Waals surface area contributed by atoms with E-state index in [1.54, 1.807) is 18.5 Å². The summed E-state index contributed by atoms with van der Waals surface area (Å²) in [5, 5.41) is 3.75. The minimum absolute atomic E-state index is 0.489. The second kappa shape index (κ2) is 5.00.